The second-order valence-electron chi connectivity index (χ2n) is 7.12. The molecule has 30 heavy (non-hydrogen) atoms. The van der Waals surface area contributed by atoms with Crippen molar-refractivity contribution in [1.29, 1.82) is 0 Å². The number of anilines is 3. The van der Waals surface area contributed by atoms with E-state index in [4.69, 9.17) is 11.5 Å². The second-order valence-corrected chi connectivity index (χ2v) is 7.12. The smallest absolute Gasteiger partial charge is 0.252 e. The summed E-state index contributed by atoms with van der Waals surface area (Å²) in [6, 6.07) is 4.24. The summed E-state index contributed by atoms with van der Waals surface area (Å²) in [6.07, 6.45) is 8.37. The Hall–Kier alpha value is -3.60. The molecule has 156 valence electrons. The van der Waals surface area contributed by atoms with Crippen LogP contribution in [0.4, 0.5) is 21.7 Å². The predicted octanol–water partition coefficient (Wildman–Crippen LogP) is 1.72. The molecule has 2 atom stereocenters. The molecule has 0 aliphatic heterocycles. The molecule has 1 aliphatic rings. The Morgan fingerprint density at radius 3 is 2.63 bits per heavy atom. The van der Waals surface area contributed by atoms with E-state index in [-0.39, 0.29) is 29.3 Å². The Balaban J connectivity index is 1.64. The lowest BCUT2D eigenvalue weighted by Gasteiger charge is -2.30. The van der Waals surface area contributed by atoms with E-state index in [0.717, 1.165) is 31.7 Å². The van der Waals surface area contributed by atoms with Gasteiger partial charge in [-0.05, 0) is 25.0 Å². The molecule has 0 spiro atoms. The maximum Gasteiger partial charge on any atom is 0.252 e. The second kappa shape index (κ2) is 8.41. The highest BCUT2D eigenvalue weighted by atomic mass is 19.1. The highest BCUT2D eigenvalue weighted by Crippen LogP contribution is 2.27. The number of nitrogens with zero attached hydrogens (tertiary/aromatic N) is 5. The molecule has 1 amide bonds. The summed E-state index contributed by atoms with van der Waals surface area (Å²) in [5, 5.41) is 14.2. The summed E-state index contributed by atoms with van der Waals surface area (Å²) in [6.45, 7) is 0. The quantitative estimate of drug-likeness (QED) is 0.479. The molecule has 11 heteroatoms. The third-order valence-electron chi connectivity index (χ3n) is 5.01. The number of halogens is 1. The molecule has 3 heterocycles. The van der Waals surface area contributed by atoms with Crippen LogP contribution in [-0.4, -0.2) is 43.0 Å². The number of amides is 1. The van der Waals surface area contributed by atoms with Gasteiger partial charge in [-0.15, -0.1) is 4.80 Å². The van der Waals surface area contributed by atoms with Crippen LogP contribution in [0.25, 0.3) is 5.82 Å². The lowest BCUT2D eigenvalue weighted by Crippen LogP contribution is -2.43. The van der Waals surface area contributed by atoms with E-state index >= 15 is 0 Å². The maximum atomic E-state index is 14.6. The van der Waals surface area contributed by atoms with Gasteiger partial charge in [0.1, 0.15) is 5.82 Å². The Kier molecular flexibility index (Phi) is 5.53. The monoisotopic (exact) mass is 411 g/mol. The van der Waals surface area contributed by atoms with Gasteiger partial charge in [0.15, 0.2) is 17.5 Å². The fourth-order valence-corrected chi connectivity index (χ4v) is 3.46. The zero-order valence-electron chi connectivity index (χ0n) is 16.1. The number of hydrogen-bond acceptors (Lipinski definition) is 8. The Bertz CT molecular complexity index is 1040. The van der Waals surface area contributed by atoms with Crippen molar-refractivity contribution in [2.24, 2.45) is 11.5 Å². The molecule has 0 radical (unpaired) electrons. The molecule has 1 saturated carbocycles. The van der Waals surface area contributed by atoms with E-state index in [2.05, 4.69) is 30.8 Å². The van der Waals surface area contributed by atoms with Crippen LogP contribution in [-0.2, 0) is 0 Å². The number of nitrogens with two attached hydrogens (primary N) is 2. The summed E-state index contributed by atoms with van der Waals surface area (Å²) in [5.74, 6) is -0.857. The first kappa shape index (κ1) is 19.7. The van der Waals surface area contributed by atoms with E-state index in [1.807, 2.05) is 0 Å². The first-order valence-electron chi connectivity index (χ1n) is 9.63. The van der Waals surface area contributed by atoms with Crippen molar-refractivity contribution in [2.75, 3.05) is 10.6 Å². The molecule has 1 fully saturated rings. The number of hydrogen-bond donors (Lipinski definition) is 4. The minimum atomic E-state index is -0.798. The van der Waals surface area contributed by atoms with E-state index < -0.39 is 11.7 Å². The van der Waals surface area contributed by atoms with Gasteiger partial charge in [-0.3, -0.25) is 4.79 Å². The predicted molar refractivity (Wildman–Crippen MR) is 109 cm³/mol. The van der Waals surface area contributed by atoms with Crippen LogP contribution >= 0.6 is 0 Å². The van der Waals surface area contributed by atoms with Crippen molar-refractivity contribution in [3.8, 4) is 5.82 Å². The van der Waals surface area contributed by atoms with Gasteiger partial charge in [-0.25, -0.2) is 14.4 Å². The van der Waals surface area contributed by atoms with E-state index in [9.17, 15) is 9.18 Å². The molecule has 0 unspecified atom stereocenters. The first-order chi connectivity index (χ1) is 14.5. The van der Waals surface area contributed by atoms with Crippen molar-refractivity contribution >= 4 is 23.2 Å². The van der Waals surface area contributed by atoms with Crippen LogP contribution in [0.2, 0.25) is 0 Å². The van der Waals surface area contributed by atoms with E-state index in [1.54, 1.807) is 18.3 Å². The summed E-state index contributed by atoms with van der Waals surface area (Å²) < 4.78 is 14.6. The van der Waals surface area contributed by atoms with Gasteiger partial charge < -0.3 is 22.1 Å². The number of primary amides is 1. The number of nitrogens with one attached hydrogen (secondary N) is 2. The Morgan fingerprint density at radius 1 is 1.13 bits per heavy atom. The van der Waals surface area contributed by atoms with Crippen LogP contribution in [0.15, 0.2) is 36.8 Å². The van der Waals surface area contributed by atoms with Crippen molar-refractivity contribution < 1.29 is 9.18 Å². The van der Waals surface area contributed by atoms with Crippen LogP contribution in [0.1, 0.15) is 36.0 Å². The Morgan fingerprint density at radius 2 is 1.90 bits per heavy atom. The summed E-state index contributed by atoms with van der Waals surface area (Å²) >= 11 is 0. The van der Waals surface area contributed by atoms with Gasteiger partial charge in [0, 0.05) is 30.0 Å². The number of carbonyl (C=O) groups excluding carboxylic acids is 1. The van der Waals surface area contributed by atoms with Crippen LogP contribution in [0.5, 0.6) is 0 Å². The minimum absolute atomic E-state index is 0.0212. The van der Waals surface area contributed by atoms with Gasteiger partial charge in [0.2, 0.25) is 0 Å². The number of rotatable bonds is 6. The summed E-state index contributed by atoms with van der Waals surface area (Å²) in [5.41, 5.74) is 12.1. The topological polar surface area (TPSA) is 150 Å². The fourth-order valence-electron chi connectivity index (χ4n) is 3.46. The third-order valence-corrected chi connectivity index (χ3v) is 5.01. The Labute approximate surface area is 171 Å². The van der Waals surface area contributed by atoms with Crippen LogP contribution in [0.3, 0.4) is 0 Å². The van der Waals surface area contributed by atoms with E-state index in [0.29, 0.717) is 11.5 Å². The molecular weight excluding hydrogens is 389 g/mol. The molecule has 3 aromatic rings. The molecule has 4 rings (SSSR count). The highest BCUT2D eigenvalue weighted by Gasteiger charge is 2.24. The summed E-state index contributed by atoms with van der Waals surface area (Å²) in [7, 11) is 0. The van der Waals surface area contributed by atoms with Crippen molar-refractivity contribution in [3.63, 3.8) is 0 Å². The number of pyridine rings is 2. The highest BCUT2D eigenvalue weighted by molar-refractivity contribution is 5.98. The number of carbonyl (C=O) groups is 1. The molecule has 1 aliphatic carbocycles. The van der Waals surface area contributed by atoms with Gasteiger partial charge in [-0.2, -0.15) is 10.2 Å². The molecule has 3 aromatic heterocycles. The fraction of sp³-hybridized carbons (Fsp3) is 0.316. The van der Waals surface area contributed by atoms with Crippen LogP contribution in [0, 0.1) is 5.82 Å². The molecular formula is C19H22FN9O. The maximum absolute atomic E-state index is 14.6. The van der Waals surface area contributed by atoms with Crippen LogP contribution < -0.4 is 22.1 Å². The molecule has 0 bridgehead atoms. The minimum Gasteiger partial charge on any atom is -0.365 e. The van der Waals surface area contributed by atoms with Gasteiger partial charge in [0.25, 0.3) is 5.91 Å². The lowest BCUT2D eigenvalue weighted by atomic mass is 9.91. The standard InChI is InChI=1S/C19H22FN9O/c20-13-10-12(17(22)30)18(28-19(13)27-15-4-2-1-3-14(15)21)26-11-5-6-23-16(9-11)29-24-7-8-25-29/h5-10,14-15H,1-4,21H2,(H2,22,30)(H2,23,26,27,28)/t14-,15+/m1/s1. The molecule has 10 nitrogen and oxygen atoms in total. The zero-order valence-corrected chi connectivity index (χ0v) is 16.1. The average molecular weight is 411 g/mol. The largest absolute Gasteiger partial charge is 0.365 e. The molecule has 0 aromatic carbocycles. The molecule has 6 N–H and O–H groups in total. The van der Waals surface area contributed by atoms with E-state index in [1.165, 1.54) is 17.2 Å². The van der Waals surface area contributed by atoms with Crippen molar-refractivity contribution in [3.05, 3.63) is 48.2 Å². The van der Waals surface area contributed by atoms with Crippen molar-refractivity contribution in [1.82, 2.24) is 25.0 Å². The summed E-state index contributed by atoms with van der Waals surface area (Å²) in [4.78, 5) is 21.7. The third kappa shape index (κ3) is 4.20. The number of aromatic nitrogens is 5. The lowest BCUT2D eigenvalue weighted by molar-refractivity contribution is 0.100. The normalized spacial score (nSPS) is 18.7. The zero-order chi connectivity index (χ0) is 21.1. The average Bonchev–Trinajstić information content (AvgIpc) is 3.27. The molecule has 0 saturated heterocycles. The van der Waals surface area contributed by atoms with Crippen molar-refractivity contribution in [2.45, 2.75) is 37.8 Å². The van der Waals surface area contributed by atoms with Gasteiger partial charge in [0.05, 0.1) is 18.0 Å². The van der Waals surface area contributed by atoms with Gasteiger partial charge >= 0.3 is 0 Å². The first-order valence-corrected chi connectivity index (χ1v) is 9.63. The SMILES string of the molecule is NC(=O)c1cc(F)c(N[C@H]2CCCC[C@H]2N)nc1Nc1ccnc(-n2nccn2)c1. The van der Waals surface area contributed by atoms with Gasteiger partial charge in [-0.1, -0.05) is 12.8 Å².